The molecule has 2 aliphatic heterocycles. The molecule has 6 heteroatoms. The zero-order valence-corrected chi connectivity index (χ0v) is 16.3. The van der Waals surface area contributed by atoms with Gasteiger partial charge in [-0.15, -0.1) is 10.2 Å². The molecule has 0 radical (unpaired) electrons. The normalized spacial score (nSPS) is 18.7. The van der Waals surface area contributed by atoms with E-state index < -0.39 is 0 Å². The van der Waals surface area contributed by atoms with Gasteiger partial charge in [0, 0.05) is 31.0 Å². The summed E-state index contributed by atoms with van der Waals surface area (Å²) >= 11 is 0. The molecule has 0 N–H and O–H groups in total. The minimum atomic E-state index is 0.535. The van der Waals surface area contributed by atoms with Gasteiger partial charge < -0.3 is 8.98 Å². The first-order valence-corrected chi connectivity index (χ1v) is 10.5. The van der Waals surface area contributed by atoms with Crippen LogP contribution in [0, 0.1) is 0 Å². The second-order valence-electron chi connectivity index (χ2n) is 8.00. The van der Waals surface area contributed by atoms with Crippen molar-refractivity contribution in [2.75, 3.05) is 13.1 Å². The number of hydrogen-bond donors (Lipinski definition) is 0. The van der Waals surface area contributed by atoms with E-state index in [9.17, 15) is 0 Å². The molecule has 4 heterocycles. The van der Waals surface area contributed by atoms with Gasteiger partial charge in [-0.3, -0.25) is 4.90 Å². The van der Waals surface area contributed by atoms with Crippen LogP contribution in [0.2, 0.25) is 0 Å². The zero-order valence-electron chi connectivity index (χ0n) is 16.3. The van der Waals surface area contributed by atoms with Crippen molar-refractivity contribution in [1.82, 2.24) is 24.6 Å². The Morgan fingerprint density at radius 2 is 1.82 bits per heavy atom. The highest BCUT2D eigenvalue weighted by molar-refractivity contribution is 5.52. The molecule has 1 fully saturated rings. The fraction of sp³-hybridized carbons (Fsp3) is 0.500. The summed E-state index contributed by atoms with van der Waals surface area (Å²) in [6.07, 6.45) is 8.98. The van der Waals surface area contributed by atoms with Gasteiger partial charge in [-0.1, -0.05) is 24.6 Å². The number of rotatable bonds is 4. The highest BCUT2D eigenvalue weighted by Gasteiger charge is 2.27. The monoisotopic (exact) mass is 377 g/mol. The van der Waals surface area contributed by atoms with Gasteiger partial charge >= 0.3 is 0 Å². The van der Waals surface area contributed by atoms with E-state index in [0.29, 0.717) is 11.8 Å². The lowest BCUT2D eigenvalue weighted by Gasteiger charge is -2.31. The van der Waals surface area contributed by atoms with Gasteiger partial charge in [0.1, 0.15) is 17.9 Å². The van der Waals surface area contributed by atoms with E-state index in [0.717, 1.165) is 56.7 Å². The molecule has 0 saturated carbocycles. The number of piperidine rings is 1. The minimum absolute atomic E-state index is 0.535. The van der Waals surface area contributed by atoms with Crippen LogP contribution in [0.1, 0.15) is 55.4 Å². The zero-order chi connectivity index (χ0) is 18.8. The van der Waals surface area contributed by atoms with Crippen molar-refractivity contribution in [1.29, 1.82) is 0 Å². The van der Waals surface area contributed by atoms with E-state index in [1.165, 1.54) is 30.9 Å². The first kappa shape index (κ1) is 17.6. The van der Waals surface area contributed by atoms with E-state index in [1.54, 1.807) is 6.26 Å². The third-order valence-corrected chi connectivity index (χ3v) is 6.05. The Morgan fingerprint density at radius 3 is 2.68 bits per heavy atom. The number of oxazole rings is 1. The summed E-state index contributed by atoms with van der Waals surface area (Å²) in [7, 11) is 0. The molecule has 0 aliphatic carbocycles. The highest BCUT2D eigenvalue weighted by atomic mass is 16.3. The second kappa shape index (κ2) is 7.87. The summed E-state index contributed by atoms with van der Waals surface area (Å²) in [6, 6.07) is 10.1. The Hall–Kier alpha value is -2.47. The smallest absolute Gasteiger partial charge is 0.226 e. The van der Waals surface area contributed by atoms with Crippen molar-refractivity contribution < 1.29 is 4.42 Å². The van der Waals surface area contributed by atoms with Crippen LogP contribution < -0.4 is 0 Å². The highest BCUT2D eigenvalue weighted by Crippen LogP contribution is 2.29. The van der Waals surface area contributed by atoms with Crippen LogP contribution in [-0.4, -0.2) is 37.7 Å². The summed E-state index contributed by atoms with van der Waals surface area (Å²) in [6.45, 7) is 4.08. The Balaban J connectivity index is 1.20. The van der Waals surface area contributed by atoms with Crippen LogP contribution in [0.4, 0.5) is 0 Å². The number of nitrogens with zero attached hydrogens (tertiary/aromatic N) is 5. The molecule has 1 saturated heterocycles. The molecule has 3 aromatic rings. The molecule has 0 amide bonds. The van der Waals surface area contributed by atoms with Gasteiger partial charge in [-0.05, 0) is 50.9 Å². The molecule has 0 atom stereocenters. The van der Waals surface area contributed by atoms with Gasteiger partial charge in [-0.2, -0.15) is 0 Å². The lowest BCUT2D eigenvalue weighted by atomic mass is 9.95. The van der Waals surface area contributed by atoms with E-state index in [1.807, 2.05) is 30.3 Å². The van der Waals surface area contributed by atoms with Crippen molar-refractivity contribution in [2.45, 2.75) is 57.5 Å². The quantitative estimate of drug-likeness (QED) is 0.687. The van der Waals surface area contributed by atoms with Crippen LogP contribution in [0.15, 0.2) is 41.0 Å². The van der Waals surface area contributed by atoms with Crippen molar-refractivity contribution in [3.8, 4) is 11.5 Å². The molecular weight excluding hydrogens is 350 g/mol. The summed E-state index contributed by atoms with van der Waals surface area (Å²) in [5, 5.41) is 9.06. The molecule has 146 valence electrons. The predicted molar refractivity (Wildman–Crippen MR) is 107 cm³/mol. The Morgan fingerprint density at radius 1 is 0.964 bits per heavy atom. The van der Waals surface area contributed by atoms with E-state index >= 15 is 0 Å². The minimum Gasteiger partial charge on any atom is -0.444 e. The molecule has 0 unspecified atom stereocenters. The third-order valence-electron chi connectivity index (χ3n) is 6.05. The molecular formula is C22H27N5O. The van der Waals surface area contributed by atoms with Crippen LogP contribution in [0.3, 0.4) is 0 Å². The maximum absolute atomic E-state index is 5.69. The van der Waals surface area contributed by atoms with Crippen molar-refractivity contribution in [3.05, 3.63) is 53.9 Å². The first-order chi connectivity index (χ1) is 13.9. The standard InChI is InChI=1S/C22H27N5O/c1-3-7-18(8-4-1)22-23-19(16-28-22)15-26-13-10-17(11-14-26)21-25-24-20-9-5-2-6-12-27(20)21/h1,3-4,7-8,16-17H,2,5-6,9-15H2. The van der Waals surface area contributed by atoms with Crippen LogP contribution in [0.5, 0.6) is 0 Å². The van der Waals surface area contributed by atoms with E-state index in [-0.39, 0.29) is 0 Å². The molecule has 2 aromatic heterocycles. The van der Waals surface area contributed by atoms with Gasteiger partial charge in [0.25, 0.3) is 0 Å². The van der Waals surface area contributed by atoms with E-state index in [2.05, 4.69) is 24.6 Å². The van der Waals surface area contributed by atoms with Crippen molar-refractivity contribution >= 4 is 0 Å². The fourth-order valence-corrected chi connectivity index (χ4v) is 4.48. The Kier molecular flexibility index (Phi) is 4.95. The topological polar surface area (TPSA) is 60.0 Å². The number of likely N-dealkylation sites (tertiary alicyclic amines) is 1. The van der Waals surface area contributed by atoms with Crippen molar-refractivity contribution in [2.24, 2.45) is 0 Å². The number of fused-ring (bicyclic) bond motifs is 1. The van der Waals surface area contributed by atoms with Crippen LogP contribution >= 0.6 is 0 Å². The molecule has 0 spiro atoms. The fourth-order valence-electron chi connectivity index (χ4n) is 4.48. The van der Waals surface area contributed by atoms with Crippen LogP contribution in [0.25, 0.3) is 11.5 Å². The second-order valence-corrected chi connectivity index (χ2v) is 8.00. The molecule has 2 aliphatic rings. The number of aryl methyl sites for hydroxylation is 1. The summed E-state index contributed by atoms with van der Waals surface area (Å²) in [5.41, 5.74) is 2.04. The molecule has 5 rings (SSSR count). The third kappa shape index (κ3) is 3.61. The van der Waals surface area contributed by atoms with Gasteiger partial charge in [-0.25, -0.2) is 4.98 Å². The molecule has 6 nitrogen and oxygen atoms in total. The van der Waals surface area contributed by atoms with Crippen LogP contribution in [-0.2, 0) is 19.5 Å². The summed E-state index contributed by atoms with van der Waals surface area (Å²) in [4.78, 5) is 7.15. The average molecular weight is 377 g/mol. The maximum atomic E-state index is 5.69. The van der Waals surface area contributed by atoms with Gasteiger partial charge in [0.05, 0.1) is 5.69 Å². The van der Waals surface area contributed by atoms with Gasteiger partial charge in [0.2, 0.25) is 5.89 Å². The summed E-state index contributed by atoms with van der Waals surface area (Å²) < 4.78 is 8.10. The average Bonchev–Trinajstić information content (AvgIpc) is 3.30. The SMILES string of the molecule is c1ccc(-c2nc(CN3CCC(c4nnc5n4CCCCC5)CC3)co2)cc1. The van der Waals surface area contributed by atoms with Gasteiger partial charge in [0.15, 0.2) is 0 Å². The van der Waals surface area contributed by atoms with Crippen molar-refractivity contribution in [3.63, 3.8) is 0 Å². The maximum Gasteiger partial charge on any atom is 0.226 e. The summed E-state index contributed by atoms with van der Waals surface area (Å²) in [5.74, 6) is 3.67. The predicted octanol–water partition coefficient (Wildman–Crippen LogP) is 4.04. The molecule has 1 aromatic carbocycles. The lowest BCUT2D eigenvalue weighted by molar-refractivity contribution is 0.197. The Bertz CT molecular complexity index is 908. The number of hydrogen-bond acceptors (Lipinski definition) is 5. The lowest BCUT2D eigenvalue weighted by Crippen LogP contribution is -2.33. The number of aromatic nitrogens is 4. The first-order valence-electron chi connectivity index (χ1n) is 10.5. The van der Waals surface area contributed by atoms with E-state index in [4.69, 9.17) is 4.42 Å². The molecule has 28 heavy (non-hydrogen) atoms. The largest absolute Gasteiger partial charge is 0.444 e. The molecule has 0 bridgehead atoms. The number of benzene rings is 1. The Labute approximate surface area is 165 Å².